The number of hydrogen-bond acceptors (Lipinski definition) is 4. The average molecular weight is 335 g/mol. The largest absolute Gasteiger partial charge is 0.489 e. The van der Waals surface area contributed by atoms with Crippen LogP contribution in [0.3, 0.4) is 0 Å². The molecule has 2 aromatic carbocycles. The summed E-state index contributed by atoms with van der Waals surface area (Å²) in [6.07, 6.45) is -1.37. The van der Waals surface area contributed by atoms with Gasteiger partial charge in [-0.15, -0.1) is 0 Å². The summed E-state index contributed by atoms with van der Waals surface area (Å²) in [6, 6.07) is 10.8. The minimum atomic E-state index is -1.37. The SMILES string of the molecule is COC(=O)C(O)c1ccc(Cl)cc1COc1cc(C)ccc1C. The number of methoxy groups -OCH3 is 1. The molecule has 0 spiro atoms. The van der Waals surface area contributed by atoms with Crippen LogP contribution in [0.2, 0.25) is 5.02 Å². The van der Waals surface area contributed by atoms with Gasteiger partial charge in [-0.05, 0) is 54.3 Å². The quantitative estimate of drug-likeness (QED) is 0.846. The van der Waals surface area contributed by atoms with Gasteiger partial charge in [-0.3, -0.25) is 0 Å². The van der Waals surface area contributed by atoms with Crippen LogP contribution in [-0.2, 0) is 16.1 Å². The molecule has 23 heavy (non-hydrogen) atoms. The Labute approximate surface area is 140 Å². The van der Waals surface area contributed by atoms with Gasteiger partial charge < -0.3 is 14.6 Å². The van der Waals surface area contributed by atoms with E-state index >= 15 is 0 Å². The molecule has 1 N–H and O–H groups in total. The van der Waals surface area contributed by atoms with Crippen molar-refractivity contribution in [3.8, 4) is 5.75 Å². The highest BCUT2D eigenvalue weighted by atomic mass is 35.5. The van der Waals surface area contributed by atoms with Gasteiger partial charge in [-0.1, -0.05) is 29.8 Å². The second-order valence-electron chi connectivity index (χ2n) is 5.33. The number of rotatable bonds is 5. The van der Waals surface area contributed by atoms with E-state index in [0.717, 1.165) is 16.9 Å². The van der Waals surface area contributed by atoms with E-state index < -0.39 is 12.1 Å². The number of carbonyl (C=O) groups is 1. The molecule has 1 atom stereocenters. The average Bonchev–Trinajstić information content (AvgIpc) is 2.54. The predicted octanol–water partition coefficient (Wildman–Crippen LogP) is 3.74. The monoisotopic (exact) mass is 334 g/mol. The third-order valence-corrected chi connectivity index (χ3v) is 3.79. The van der Waals surface area contributed by atoms with E-state index in [9.17, 15) is 9.90 Å². The van der Waals surface area contributed by atoms with Gasteiger partial charge in [0.05, 0.1) is 7.11 Å². The van der Waals surface area contributed by atoms with E-state index in [1.807, 2.05) is 32.0 Å². The second-order valence-corrected chi connectivity index (χ2v) is 5.76. The van der Waals surface area contributed by atoms with Gasteiger partial charge in [-0.2, -0.15) is 0 Å². The zero-order valence-corrected chi connectivity index (χ0v) is 14.1. The van der Waals surface area contributed by atoms with Gasteiger partial charge in [0.15, 0.2) is 6.10 Å². The molecule has 2 rings (SSSR count). The van der Waals surface area contributed by atoms with Gasteiger partial charge in [0.25, 0.3) is 0 Å². The van der Waals surface area contributed by atoms with Crippen molar-refractivity contribution in [1.82, 2.24) is 0 Å². The van der Waals surface area contributed by atoms with Gasteiger partial charge in [0, 0.05) is 5.02 Å². The predicted molar refractivity (Wildman–Crippen MR) is 88.7 cm³/mol. The maximum absolute atomic E-state index is 11.6. The van der Waals surface area contributed by atoms with Crippen LogP contribution >= 0.6 is 11.6 Å². The lowest BCUT2D eigenvalue weighted by atomic mass is 10.0. The lowest BCUT2D eigenvalue weighted by Crippen LogP contribution is -2.16. The number of aliphatic hydroxyl groups is 1. The number of aryl methyl sites for hydroxylation is 2. The van der Waals surface area contributed by atoms with Crippen molar-refractivity contribution in [2.45, 2.75) is 26.6 Å². The van der Waals surface area contributed by atoms with Crippen LogP contribution in [-0.4, -0.2) is 18.2 Å². The molecule has 5 heteroatoms. The number of carbonyl (C=O) groups excluding carboxylic acids is 1. The van der Waals surface area contributed by atoms with E-state index in [-0.39, 0.29) is 6.61 Å². The molecule has 0 aliphatic carbocycles. The van der Waals surface area contributed by atoms with Gasteiger partial charge in [-0.25, -0.2) is 4.79 Å². The van der Waals surface area contributed by atoms with Crippen LogP contribution < -0.4 is 4.74 Å². The first-order chi connectivity index (χ1) is 10.9. The fourth-order valence-corrected chi connectivity index (χ4v) is 2.42. The molecule has 122 valence electrons. The lowest BCUT2D eigenvalue weighted by molar-refractivity contribution is -0.150. The van der Waals surface area contributed by atoms with Gasteiger partial charge in [0.1, 0.15) is 12.4 Å². The van der Waals surface area contributed by atoms with Crippen LogP contribution in [0.5, 0.6) is 5.75 Å². The zero-order chi connectivity index (χ0) is 17.0. The maximum atomic E-state index is 11.6. The Morgan fingerprint density at radius 3 is 2.65 bits per heavy atom. The number of halogens is 1. The van der Waals surface area contributed by atoms with E-state index in [0.29, 0.717) is 16.1 Å². The van der Waals surface area contributed by atoms with Gasteiger partial charge in [0.2, 0.25) is 0 Å². The number of ether oxygens (including phenoxy) is 2. The Kier molecular flexibility index (Phi) is 5.64. The Bertz CT molecular complexity index is 712. The van der Waals surface area contributed by atoms with Crippen molar-refractivity contribution in [1.29, 1.82) is 0 Å². The van der Waals surface area contributed by atoms with E-state index in [1.165, 1.54) is 7.11 Å². The van der Waals surface area contributed by atoms with E-state index in [2.05, 4.69) is 4.74 Å². The molecule has 0 bridgehead atoms. The molecular weight excluding hydrogens is 316 g/mol. The summed E-state index contributed by atoms with van der Waals surface area (Å²) in [6.45, 7) is 4.13. The van der Waals surface area contributed by atoms with Gasteiger partial charge >= 0.3 is 5.97 Å². The highest BCUT2D eigenvalue weighted by Crippen LogP contribution is 2.26. The zero-order valence-electron chi connectivity index (χ0n) is 13.3. The molecule has 4 nitrogen and oxygen atoms in total. The summed E-state index contributed by atoms with van der Waals surface area (Å²) in [5.74, 6) is 0.0313. The van der Waals surface area contributed by atoms with Crippen LogP contribution in [0.1, 0.15) is 28.4 Å². The lowest BCUT2D eigenvalue weighted by Gasteiger charge is -2.16. The Morgan fingerprint density at radius 1 is 1.22 bits per heavy atom. The highest BCUT2D eigenvalue weighted by molar-refractivity contribution is 6.30. The Balaban J connectivity index is 2.26. The van der Waals surface area contributed by atoms with E-state index in [4.69, 9.17) is 16.3 Å². The van der Waals surface area contributed by atoms with Crippen molar-refractivity contribution in [2.24, 2.45) is 0 Å². The van der Waals surface area contributed by atoms with Crippen LogP contribution in [0.15, 0.2) is 36.4 Å². The molecule has 0 radical (unpaired) electrons. The van der Waals surface area contributed by atoms with Crippen LogP contribution in [0.25, 0.3) is 0 Å². The summed E-state index contributed by atoms with van der Waals surface area (Å²) < 4.78 is 10.4. The Hall–Kier alpha value is -2.04. The number of esters is 1. The molecule has 0 aliphatic heterocycles. The molecule has 2 aromatic rings. The molecule has 0 aromatic heterocycles. The topological polar surface area (TPSA) is 55.8 Å². The van der Waals surface area contributed by atoms with Crippen LogP contribution in [0, 0.1) is 13.8 Å². The fraction of sp³-hybridized carbons (Fsp3) is 0.278. The standard InChI is InChI=1S/C18H19ClO4/c1-11-4-5-12(2)16(8-11)23-10-13-9-14(19)6-7-15(13)17(20)18(21)22-3/h4-9,17,20H,10H2,1-3H3. The first-order valence-electron chi connectivity index (χ1n) is 7.16. The highest BCUT2D eigenvalue weighted by Gasteiger charge is 2.21. The van der Waals surface area contributed by atoms with Crippen LogP contribution in [0.4, 0.5) is 0 Å². The molecule has 0 amide bonds. The summed E-state index contributed by atoms with van der Waals surface area (Å²) in [5.41, 5.74) is 3.15. The minimum Gasteiger partial charge on any atom is -0.489 e. The number of hydrogen-bond donors (Lipinski definition) is 1. The minimum absolute atomic E-state index is 0.189. The molecule has 0 heterocycles. The maximum Gasteiger partial charge on any atom is 0.339 e. The van der Waals surface area contributed by atoms with Crippen molar-refractivity contribution in [3.05, 3.63) is 63.7 Å². The molecule has 0 saturated carbocycles. The third kappa shape index (κ3) is 4.24. The fourth-order valence-electron chi connectivity index (χ4n) is 2.22. The smallest absolute Gasteiger partial charge is 0.339 e. The number of benzene rings is 2. The first kappa shape index (κ1) is 17.3. The molecule has 0 fully saturated rings. The normalized spacial score (nSPS) is 11.9. The Morgan fingerprint density at radius 2 is 1.96 bits per heavy atom. The first-order valence-corrected chi connectivity index (χ1v) is 7.54. The van der Waals surface area contributed by atoms with E-state index in [1.54, 1.807) is 18.2 Å². The van der Waals surface area contributed by atoms with Crippen molar-refractivity contribution < 1.29 is 19.4 Å². The summed E-state index contributed by atoms with van der Waals surface area (Å²) in [4.78, 5) is 11.6. The molecule has 1 unspecified atom stereocenters. The van der Waals surface area contributed by atoms with Crippen molar-refractivity contribution in [3.63, 3.8) is 0 Å². The second kappa shape index (κ2) is 7.49. The molecule has 0 aliphatic rings. The van der Waals surface area contributed by atoms with Crippen molar-refractivity contribution in [2.75, 3.05) is 7.11 Å². The number of aliphatic hydroxyl groups excluding tert-OH is 1. The third-order valence-electron chi connectivity index (χ3n) is 3.55. The molecule has 0 saturated heterocycles. The molecular formula is C18H19ClO4. The summed E-state index contributed by atoms with van der Waals surface area (Å²) >= 11 is 6.02. The summed E-state index contributed by atoms with van der Waals surface area (Å²) in [7, 11) is 1.23. The summed E-state index contributed by atoms with van der Waals surface area (Å²) in [5, 5.41) is 10.6. The van der Waals surface area contributed by atoms with Crippen molar-refractivity contribution >= 4 is 17.6 Å².